The third-order valence-electron chi connectivity index (χ3n) is 11.8. The van der Waals surface area contributed by atoms with Crippen molar-refractivity contribution < 1.29 is 43.4 Å². The van der Waals surface area contributed by atoms with Gasteiger partial charge < -0.3 is 46.7 Å². The van der Waals surface area contributed by atoms with Gasteiger partial charge in [0, 0.05) is 30.5 Å². The summed E-state index contributed by atoms with van der Waals surface area (Å²) >= 11 is 0. The Bertz CT molecular complexity index is 2290. The van der Waals surface area contributed by atoms with Gasteiger partial charge in [0.05, 0.1) is 5.69 Å². The highest BCUT2D eigenvalue weighted by atomic mass is 19.1. The molecule has 16 heteroatoms. The van der Waals surface area contributed by atoms with Gasteiger partial charge in [-0.05, 0) is 90.1 Å². The molecule has 0 spiro atoms. The molecular weight excluding hydrogens is 774 g/mol. The highest BCUT2D eigenvalue weighted by Gasteiger charge is 2.53. The molecule has 60 heavy (non-hydrogen) atoms. The smallest absolute Gasteiger partial charge is 0.405 e. The Morgan fingerprint density at radius 2 is 1.05 bits per heavy atom. The maximum absolute atomic E-state index is 14.1. The minimum Gasteiger partial charge on any atom is -0.465 e. The number of likely N-dealkylation sites (tertiary alicyclic amines) is 2. The molecule has 2 fully saturated rings. The van der Waals surface area contributed by atoms with Crippen LogP contribution in [0.5, 0.6) is 0 Å². The number of carbonyl (C=O) groups excluding carboxylic acids is 4. The van der Waals surface area contributed by atoms with Crippen molar-refractivity contribution in [2.45, 2.75) is 76.5 Å². The van der Waals surface area contributed by atoms with Gasteiger partial charge in [-0.1, -0.05) is 76.2 Å². The van der Waals surface area contributed by atoms with Crippen LogP contribution >= 0.6 is 0 Å². The average molecular weight is 824 g/mol. The fourth-order valence-electron chi connectivity index (χ4n) is 8.87. The molecule has 0 saturated carbocycles. The first-order valence-electron chi connectivity index (χ1n) is 19.8. The van der Waals surface area contributed by atoms with Crippen molar-refractivity contribution in [3.63, 3.8) is 0 Å². The van der Waals surface area contributed by atoms with Crippen LogP contribution in [0.4, 0.5) is 14.0 Å². The van der Waals surface area contributed by atoms with Crippen molar-refractivity contribution in [3.8, 4) is 28.1 Å². The minimum absolute atomic E-state index is 0.197. The maximum Gasteiger partial charge on any atom is 0.405 e. The molecule has 0 aliphatic carbocycles. The first-order valence-corrected chi connectivity index (χ1v) is 19.8. The van der Waals surface area contributed by atoms with Crippen LogP contribution in [0.3, 0.4) is 0 Å². The van der Waals surface area contributed by atoms with Gasteiger partial charge >= 0.3 is 12.2 Å². The number of nitrogens with one attached hydrogen (secondary N) is 2. The van der Waals surface area contributed by atoms with Gasteiger partial charge in [0.1, 0.15) is 29.0 Å². The van der Waals surface area contributed by atoms with Crippen molar-refractivity contribution in [2.75, 3.05) is 13.1 Å². The zero-order valence-corrected chi connectivity index (χ0v) is 33.9. The molecule has 6 amide bonds. The van der Waals surface area contributed by atoms with Crippen LogP contribution in [-0.4, -0.2) is 85.6 Å². The van der Waals surface area contributed by atoms with Gasteiger partial charge in [-0.3, -0.25) is 19.2 Å². The van der Waals surface area contributed by atoms with E-state index >= 15 is 0 Å². The predicted octanol–water partition coefficient (Wildman–Crippen LogP) is 5.14. The topological polar surface area (TPSA) is 230 Å². The van der Waals surface area contributed by atoms with Gasteiger partial charge in [0.2, 0.25) is 23.6 Å². The number of rotatable bonds is 13. The number of benzene rings is 3. The van der Waals surface area contributed by atoms with Gasteiger partial charge in [-0.2, -0.15) is 0 Å². The summed E-state index contributed by atoms with van der Waals surface area (Å²) in [4.78, 5) is 80.5. The Kier molecular flexibility index (Phi) is 12.1. The molecule has 6 rings (SSSR count). The molecule has 2 saturated heterocycles. The average Bonchev–Trinajstić information content (AvgIpc) is 3.97. The van der Waals surface area contributed by atoms with Crippen molar-refractivity contribution >= 4 is 35.8 Å². The monoisotopic (exact) mass is 823 g/mol. The number of amides is 6. The summed E-state index contributed by atoms with van der Waals surface area (Å²) in [7, 11) is 0. The third kappa shape index (κ3) is 7.64. The first kappa shape index (κ1) is 42.9. The third-order valence-corrected chi connectivity index (χ3v) is 11.8. The van der Waals surface area contributed by atoms with Crippen LogP contribution in [-0.2, 0) is 30.3 Å². The molecule has 2 aliphatic rings. The van der Waals surface area contributed by atoms with E-state index in [0.717, 1.165) is 5.56 Å². The summed E-state index contributed by atoms with van der Waals surface area (Å²) < 4.78 is 16.0. The van der Waals surface area contributed by atoms with E-state index in [1.807, 2.05) is 16.8 Å². The Balaban J connectivity index is 1.42. The fourth-order valence-corrected chi connectivity index (χ4v) is 8.87. The van der Waals surface area contributed by atoms with Gasteiger partial charge in [0.15, 0.2) is 0 Å². The second kappa shape index (κ2) is 16.9. The minimum atomic E-state index is -1.54. The fraction of sp³-hybridized carbons (Fsp3) is 0.364. The summed E-state index contributed by atoms with van der Waals surface area (Å²) in [6.07, 6.45) is 0.512. The summed E-state index contributed by atoms with van der Waals surface area (Å²) in [6, 6.07) is 19.7. The van der Waals surface area contributed by atoms with Gasteiger partial charge in [-0.15, -0.1) is 0 Å². The van der Waals surface area contributed by atoms with E-state index in [9.17, 15) is 43.4 Å². The molecule has 0 unspecified atom stereocenters. The normalized spacial score (nSPS) is 19.9. The van der Waals surface area contributed by atoms with Crippen LogP contribution in [0.25, 0.3) is 28.1 Å². The van der Waals surface area contributed by atoms with Crippen LogP contribution in [0.2, 0.25) is 0 Å². The molecule has 0 bridgehead atoms. The van der Waals surface area contributed by atoms with Gasteiger partial charge in [-0.25, -0.2) is 14.0 Å². The van der Waals surface area contributed by atoms with E-state index in [1.54, 1.807) is 88.4 Å². The lowest BCUT2D eigenvalue weighted by molar-refractivity contribution is -0.146. The van der Waals surface area contributed by atoms with Crippen LogP contribution in [0.1, 0.15) is 64.5 Å². The molecule has 4 aromatic rings. The highest BCUT2D eigenvalue weighted by molar-refractivity contribution is 5.96. The molecule has 4 atom stereocenters. The molecule has 3 aromatic carbocycles. The number of primary amides is 2. The zero-order valence-electron chi connectivity index (χ0n) is 33.9. The van der Waals surface area contributed by atoms with Crippen molar-refractivity contribution in [1.82, 2.24) is 25.0 Å². The zero-order chi connectivity index (χ0) is 43.7. The predicted molar refractivity (Wildman–Crippen MR) is 220 cm³/mol. The van der Waals surface area contributed by atoms with E-state index < -0.39 is 76.6 Å². The highest BCUT2D eigenvalue weighted by Crippen LogP contribution is 2.44. The van der Waals surface area contributed by atoms with Crippen LogP contribution in [0, 0.1) is 17.7 Å². The van der Waals surface area contributed by atoms with Crippen LogP contribution in [0.15, 0.2) is 85.1 Å². The molecule has 3 heterocycles. The lowest BCUT2D eigenvalue weighted by atomic mass is 9.84. The second-order valence-electron chi connectivity index (χ2n) is 16.1. The lowest BCUT2D eigenvalue weighted by Crippen LogP contribution is -2.59. The van der Waals surface area contributed by atoms with Crippen molar-refractivity contribution in [2.24, 2.45) is 23.3 Å². The first-order chi connectivity index (χ1) is 28.4. The maximum atomic E-state index is 14.1. The number of carboxylic acid groups (broad SMARTS) is 2. The number of nitrogens with two attached hydrogens (primary N) is 2. The van der Waals surface area contributed by atoms with E-state index in [4.69, 9.17) is 11.5 Å². The largest absolute Gasteiger partial charge is 0.465 e. The Morgan fingerprint density at radius 3 is 1.43 bits per heavy atom. The molecule has 8 N–H and O–H groups in total. The summed E-state index contributed by atoms with van der Waals surface area (Å²) in [5.74, 6) is -3.81. The van der Waals surface area contributed by atoms with Crippen LogP contribution < -0.4 is 22.1 Å². The van der Waals surface area contributed by atoms with E-state index in [2.05, 4.69) is 10.6 Å². The lowest BCUT2D eigenvalue weighted by Gasteiger charge is -2.39. The Hall–Kier alpha value is -6.71. The summed E-state index contributed by atoms with van der Waals surface area (Å²) in [5.41, 5.74) is 13.5. The molecule has 0 radical (unpaired) electrons. The molecular formula is C44H50FN7O8. The van der Waals surface area contributed by atoms with Gasteiger partial charge in [0.25, 0.3) is 0 Å². The number of hydrogen-bond acceptors (Lipinski definition) is 6. The van der Waals surface area contributed by atoms with Crippen molar-refractivity contribution in [3.05, 3.63) is 102 Å². The molecule has 316 valence electrons. The number of hydrogen-bond donors (Lipinski definition) is 6. The Labute approximate surface area is 346 Å². The standard InChI is InChI=1S/C44H50FN7O8/c1-25(2)34(48-41(57)58)37(53)51-22-5-20-43(51,39(46)55)29-11-7-27(8-12-29)33-19-24-50(32-17-15-31(45)16-18-32)36(33)28-9-13-30(14-10-28)44(40(47)56)21-6-23-52(44)38(54)35(26(3)4)49-42(59)60/h7-19,24-26,34-35,48-49H,5-6,20-23H2,1-4H3,(H2,46,55)(H2,47,56)(H,57,58)(H,59,60)/t34-,35-,43-,44-/m0/s1. The SMILES string of the molecule is CC(C)[C@H](NC(=O)O)C(=O)N1CCC[C@@]1(C(N)=O)c1ccc(-c2ccn(-c3ccc(F)cc3)c2-c2ccc([C@]3(C(N)=O)CCCN3C(=O)[C@@H](NC(=O)O)C(C)C)cc2)cc1. The van der Waals surface area contributed by atoms with E-state index in [1.165, 1.54) is 21.9 Å². The van der Waals surface area contributed by atoms with E-state index in [-0.39, 0.29) is 25.9 Å². The second-order valence-corrected chi connectivity index (χ2v) is 16.1. The number of halogens is 1. The number of carbonyl (C=O) groups is 6. The Morgan fingerprint density at radius 1 is 0.633 bits per heavy atom. The van der Waals surface area contributed by atoms with Crippen molar-refractivity contribution in [1.29, 1.82) is 0 Å². The molecule has 15 nitrogen and oxygen atoms in total. The molecule has 2 aliphatic heterocycles. The summed E-state index contributed by atoms with van der Waals surface area (Å²) in [5, 5.41) is 23.5. The van der Waals surface area contributed by atoms with E-state index in [0.29, 0.717) is 46.5 Å². The molecule has 1 aromatic heterocycles. The number of nitrogens with zero attached hydrogens (tertiary/aromatic N) is 3. The number of aromatic nitrogens is 1. The quantitative estimate of drug-likeness (QED) is 0.106. The summed E-state index contributed by atoms with van der Waals surface area (Å²) in [6.45, 7) is 7.24.